The molecule has 0 atom stereocenters. The van der Waals surface area contributed by atoms with Gasteiger partial charge in [0.25, 0.3) is 5.56 Å². The molecule has 1 heterocycles. The number of nitrogens with zero attached hydrogens (tertiary/aromatic N) is 1. The molecule has 1 aromatic carbocycles. The first-order valence-corrected chi connectivity index (χ1v) is 5.12. The molecule has 0 unspecified atom stereocenters. The fourth-order valence-corrected chi connectivity index (χ4v) is 1.59. The highest BCUT2D eigenvalue weighted by Gasteiger charge is 2.06. The minimum atomic E-state index is -0.209. The van der Waals surface area contributed by atoms with E-state index in [4.69, 9.17) is 17.3 Å². The molecule has 3 N–H and O–H groups in total. The largest absolute Gasteiger partial charge is 0.326 e. The van der Waals surface area contributed by atoms with E-state index in [9.17, 15) is 4.79 Å². The monoisotopic (exact) mass is 235 g/mol. The number of aromatic amines is 1. The van der Waals surface area contributed by atoms with E-state index in [2.05, 4.69) is 9.97 Å². The van der Waals surface area contributed by atoms with E-state index in [0.717, 1.165) is 5.56 Å². The molecule has 0 saturated carbocycles. The zero-order valence-electron chi connectivity index (χ0n) is 8.40. The molecule has 0 aliphatic rings. The molecular formula is C11H10ClN3O. The summed E-state index contributed by atoms with van der Waals surface area (Å²) in [6.07, 6.45) is 1.44. The van der Waals surface area contributed by atoms with Crippen LogP contribution in [0.5, 0.6) is 0 Å². The fourth-order valence-electron chi connectivity index (χ4n) is 1.39. The number of nitrogens with one attached hydrogen (secondary N) is 1. The molecule has 1 aromatic heterocycles. The summed E-state index contributed by atoms with van der Waals surface area (Å²) in [5.74, 6) is 0.452. The van der Waals surface area contributed by atoms with Crippen molar-refractivity contribution in [2.24, 2.45) is 5.73 Å². The van der Waals surface area contributed by atoms with Gasteiger partial charge in [0, 0.05) is 24.4 Å². The Hall–Kier alpha value is -1.65. The van der Waals surface area contributed by atoms with E-state index < -0.39 is 0 Å². The van der Waals surface area contributed by atoms with Gasteiger partial charge in [-0.3, -0.25) is 4.79 Å². The minimum Gasteiger partial charge on any atom is -0.326 e. The smallest absolute Gasteiger partial charge is 0.251 e. The average Bonchev–Trinajstić information content (AvgIpc) is 2.30. The number of benzene rings is 1. The van der Waals surface area contributed by atoms with Crippen molar-refractivity contribution in [2.75, 3.05) is 0 Å². The van der Waals surface area contributed by atoms with Gasteiger partial charge in [-0.2, -0.15) is 0 Å². The summed E-state index contributed by atoms with van der Waals surface area (Å²) in [4.78, 5) is 17.9. The standard InChI is InChI=1S/C11H10ClN3O/c12-9-2-1-7(6-13)5-8(9)11-14-4-3-10(16)15-11/h1-5H,6,13H2,(H,14,15,16). The third-order valence-electron chi connectivity index (χ3n) is 2.19. The van der Waals surface area contributed by atoms with Crippen LogP contribution >= 0.6 is 11.6 Å². The van der Waals surface area contributed by atoms with Crippen LogP contribution in [0.1, 0.15) is 5.56 Å². The van der Waals surface area contributed by atoms with Gasteiger partial charge in [0.15, 0.2) is 0 Å². The van der Waals surface area contributed by atoms with Crippen molar-refractivity contribution >= 4 is 11.6 Å². The van der Waals surface area contributed by atoms with E-state index in [1.807, 2.05) is 12.1 Å². The maximum atomic E-state index is 11.2. The van der Waals surface area contributed by atoms with Gasteiger partial charge in [-0.15, -0.1) is 0 Å². The number of halogens is 1. The van der Waals surface area contributed by atoms with Crippen LogP contribution in [0, 0.1) is 0 Å². The van der Waals surface area contributed by atoms with Crippen LogP contribution in [-0.2, 0) is 6.54 Å². The number of aromatic nitrogens is 2. The van der Waals surface area contributed by atoms with Crippen LogP contribution in [0.25, 0.3) is 11.4 Å². The Morgan fingerprint density at radius 3 is 2.88 bits per heavy atom. The van der Waals surface area contributed by atoms with E-state index in [1.165, 1.54) is 12.3 Å². The topological polar surface area (TPSA) is 71.8 Å². The second-order valence-corrected chi connectivity index (χ2v) is 3.71. The highest BCUT2D eigenvalue weighted by molar-refractivity contribution is 6.33. The molecule has 5 heteroatoms. The molecule has 16 heavy (non-hydrogen) atoms. The molecule has 82 valence electrons. The van der Waals surface area contributed by atoms with Crippen molar-refractivity contribution in [1.82, 2.24) is 9.97 Å². The molecule has 0 amide bonds. The number of hydrogen-bond donors (Lipinski definition) is 2. The summed E-state index contributed by atoms with van der Waals surface area (Å²) >= 11 is 6.04. The van der Waals surface area contributed by atoms with Gasteiger partial charge >= 0.3 is 0 Å². The van der Waals surface area contributed by atoms with Crippen LogP contribution in [0.4, 0.5) is 0 Å². The summed E-state index contributed by atoms with van der Waals surface area (Å²) in [6.45, 7) is 0.418. The van der Waals surface area contributed by atoms with Crippen LogP contribution in [0.3, 0.4) is 0 Å². The summed E-state index contributed by atoms with van der Waals surface area (Å²) in [7, 11) is 0. The highest BCUT2D eigenvalue weighted by Crippen LogP contribution is 2.25. The quantitative estimate of drug-likeness (QED) is 0.830. The molecule has 2 rings (SSSR count). The van der Waals surface area contributed by atoms with Gasteiger partial charge in [0.05, 0.1) is 5.02 Å². The van der Waals surface area contributed by atoms with Gasteiger partial charge in [-0.05, 0) is 17.7 Å². The average molecular weight is 236 g/mol. The van der Waals surface area contributed by atoms with Gasteiger partial charge in [0.1, 0.15) is 5.82 Å². The molecule has 0 saturated heterocycles. The van der Waals surface area contributed by atoms with Crippen LogP contribution in [0.2, 0.25) is 5.02 Å². The second kappa shape index (κ2) is 4.47. The first-order chi connectivity index (χ1) is 7.70. The molecule has 2 aromatic rings. The molecule has 0 fully saturated rings. The van der Waals surface area contributed by atoms with Gasteiger partial charge in [-0.25, -0.2) is 4.98 Å². The van der Waals surface area contributed by atoms with Gasteiger partial charge in [0.2, 0.25) is 0 Å². The summed E-state index contributed by atoms with van der Waals surface area (Å²) in [6, 6.07) is 6.75. The number of rotatable bonds is 2. The van der Waals surface area contributed by atoms with Gasteiger partial charge in [-0.1, -0.05) is 17.7 Å². The van der Waals surface area contributed by atoms with Crippen molar-refractivity contribution < 1.29 is 0 Å². The van der Waals surface area contributed by atoms with E-state index in [0.29, 0.717) is 23.0 Å². The first-order valence-electron chi connectivity index (χ1n) is 4.75. The van der Waals surface area contributed by atoms with Crippen molar-refractivity contribution in [3.8, 4) is 11.4 Å². The van der Waals surface area contributed by atoms with Crippen molar-refractivity contribution in [2.45, 2.75) is 6.54 Å². The Morgan fingerprint density at radius 1 is 1.38 bits per heavy atom. The van der Waals surface area contributed by atoms with Crippen LogP contribution in [-0.4, -0.2) is 9.97 Å². The third-order valence-corrected chi connectivity index (χ3v) is 2.52. The van der Waals surface area contributed by atoms with Crippen molar-refractivity contribution in [3.63, 3.8) is 0 Å². The maximum Gasteiger partial charge on any atom is 0.251 e. The molecule has 0 bridgehead atoms. The third kappa shape index (κ3) is 2.13. The lowest BCUT2D eigenvalue weighted by Gasteiger charge is -2.05. The lowest BCUT2D eigenvalue weighted by Crippen LogP contribution is -2.06. The van der Waals surface area contributed by atoms with E-state index in [-0.39, 0.29) is 5.56 Å². The lowest BCUT2D eigenvalue weighted by atomic mass is 10.1. The minimum absolute atomic E-state index is 0.209. The zero-order chi connectivity index (χ0) is 11.5. The molecule has 4 nitrogen and oxygen atoms in total. The second-order valence-electron chi connectivity index (χ2n) is 3.30. The van der Waals surface area contributed by atoms with E-state index >= 15 is 0 Å². The SMILES string of the molecule is NCc1ccc(Cl)c(-c2nccc(=O)[nH]2)c1. The maximum absolute atomic E-state index is 11.2. The van der Waals surface area contributed by atoms with Gasteiger partial charge < -0.3 is 10.7 Å². The predicted molar refractivity (Wildman–Crippen MR) is 63.2 cm³/mol. The van der Waals surface area contributed by atoms with Crippen molar-refractivity contribution in [3.05, 3.63) is 51.4 Å². The predicted octanol–water partition coefficient (Wildman–Crippen LogP) is 1.55. The molecule has 0 radical (unpaired) electrons. The first kappa shape index (κ1) is 10.9. The molecule has 0 aliphatic heterocycles. The lowest BCUT2D eigenvalue weighted by molar-refractivity contribution is 1.07. The Morgan fingerprint density at radius 2 is 2.19 bits per heavy atom. The normalized spacial score (nSPS) is 10.4. The summed E-state index contributed by atoms with van der Waals surface area (Å²) < 4.78 is 0. The molecule has 0 aliphatic carbocycles. The van der Waals surface area contributed by atoms with Crippen LogP contribution in [0.15, 0.2) is 35.3 Å². The number of H-pyrrole nitrogens is 1. The molecular weight excluding hydrogens is 226 g/mol. The Bertz CT molecular complexity index is 565. The van der Waals surface area contributed by atoms with E-state index in [1.54, 1.807) is 6.07 Å². The Balaban J connectivity index is 2.58. The Kier molecular flexibility index (Phi) is 3.03. The van der Waals surface area contributed by atoms with Crippen LogP contribution < -0.4 is 11.3 Å². The number of hydrogen-bond acceptors (Lipinski definition) is 3. The Labute approximate surface area is 97.1 Å². The zero-order valence-corrected chi connectivity index (χ0v) is 9.16. The molecule has 0 spiro atoms. The number of nitrogens with two attached hydrogens (primary N) is 1. The fraction of sp³-hybridized carbons (Fsp3) is 0.0909. The highest BCUT2D eigenvalue weighted by atomic mass is 35.5. The summed E-state index contributed by atoms with van der Waals surface area (Å²) in [5.41, 5.74) is 6.95. The summed E-state index contributed by atoms with van der Waals surface area (Å²) in [5, 5.41) is 0.534. The van der Waals surface area contributed by atoms with Crippen molar-refractivity contribution in [1.29, 1.82) is 0 Å².